The van der Waals surface area contributed by atoms with E-state index in [1.165, 1.54) is 12.1 Å². The van der Waals surface area contributed by atoms with Crippen molar-refractivity contribution in [1.82, 2.24) is 10.2 Å². The molecule has 0 saturated carbocycles. The van der Waals surface area contributed by atoms with Crippen molar-refractivity contribution in [1.29, 1.82) is 0 Å². The maximum atomic E-state index is 12.9. The Balaban J connectivity index is 1.28. The molecule has 2 aliphatic heterocycles. The first-order valence-corrected chi connectivity index (χ1v) is 12.6. The first-order chi connectivity index (χ1) is 16.5. The summed E-state index contributed by atoms with van der Waals surface area (Å²) in [5.41, 5.74) is 0.596. The zero-order valence-corrected chi connectivity index (χ0v) is 19.2. The highest BCUT2D eigenvalue weighted by atomic mass is 32.2. The van der Waals surface area contributed by atoms with Crippen LogP contribution in [0.25, 0.3) is 0 Å². The van der Waals surface area contributed by atoms with Crippen LogP contribution in [0.2, 0.25) is 0 Å². The van der Waals surface area contributed by atoms with E-state index in [4.69, 9.17) is 13.9 Å². The number of carbonyl (C=O) groups is 1. The minimum atomic E-state index is -3.92. The van der Waals surface area contributed by atoms with Crippen LogP contribution < -0.4 is 19.5 Å². The summed E-state index contributed by atoms with van der Waals surface area (Å²) >= 11 is 0. The second-order valence-corrected chi connectivity index (χ2v) is 9.87. The number of ether oxygens (including phenoxy) is 2. The predicted molar refractivity (Wildman–Crippen MR) is 124 cm³/mol. The lowest BCUT2D eigenvalue weighted by atomic mass is 10.1. The van der Waals surface area contributed by atoms with Crippen LogP contribution in [0, 0.1) is 0 Å². The number of hydrogen-bond donors (Lipinski definition) is 2. The molecule has 1 unspecified atom stereocenters. The molecule has 10 heteroatoms. The van der Waals surface area contributed by atoms with E-state index in [0.717, 1.165) is 31.7 Å². The normalized spacial score (nSPS) is 16.4. The highest BCUT2D eigenvalue weighted by molar-refractivity contribution is 7.92. The average Bonchev–Trinajstić information content (AvgIpc) is 3.61. The number of sulfonamides is 1. The van der Waals surface area contributed by atoms with Crippen LogP contribution in [0.1, 0.15) is 35.0 Å². The molecule has 0 spiro atoms. The molecule has 1 amide bonds. The molecule has 0 radical (unpaired) electrons. The predicted octanol–water partition coefficient (Wildman–Crippen LogP) is 3.38. The van der Waals surface area contributed by atoms with E-state index in [0.29, 0.717) is 23.7 Å². The number of likely N-dealkylation sites (tertiary alicyclic amines) is 1. The first-order valence-electron chi connectivity index (χ1n) is 11.1. The Morgan fingerprint density at radius 2 is 1.82 bits per heavy atom. The lowest BCUT2D eigenvalue weighted by Crippen LogP contribution is -2.36. The zero-order chi connectivity index (χ0) is 23.5. The smallest absolute Gasteiger partial charge is 0.261 e. The van der Waals surface area contributed by atoms with E-state index in [2.05, 4.69) is 14.9 Å². The van der Waals surface area contributed by atoms with Gasteiger partial charge < -0.3 is 19.2 Å². The van der Waals surface area contributed by atoms with E-state index in [1.54, 1.807) is 36.6 Å². The molecule has 9 nitrogen and oxygen atoms in total. The van der Waals surface area contributed by atoms with Gasteiger partial charge in [0.1, 0.15) is 5.76 Å². The van der Waals surface area contributed by atoms with Crippen LogP contribution >= 0.6 is 0 Å². The van der Waals surface area contributed by atoms with Crippen LogP contribution in [0.4, 0.5) is 5.69 Å². The van der Waals surface area contributed by atoms with Gasteiger partial charge >= 0.3 is 0 Å². The van der Waals surface area contributed by atoms with Gasteiger partial charge in [0.25, 0.3) is 15.9 Å². The number of benzene rings is 2. The summed E-state index contributed by atoms with van der Waals surface area (Å²) in [4.78, 5) is 15.2. The van der Waals surface area contributed by atoms with Gasteiger partial charge in [-0.3, -0.25) is 14.4 Å². The number of furan rings is 1. The Hall–Kier alpha value is -3.50. The van der Waals surface area contributed by atoms with E-state index < -0.39 is 10.0 Å². The summed E-state index contributed by atoms with van der Waals surface area (Å²) < 4.78 is 44.5. The van der Waals surface area contributed by atoms with E-state index >= 15 is 0 Å². The van der Waals surface area contributed by atoms with Gasteiger partial charge in [-0.15, -0.1) is 0 Å². The maximum absolute atomic E-state index is 12.9. The Kier molecular flexibility index (Phi) is 6.16. The summed E-state index contributed by atoms with van der Waals surface area (Å²) in [5, 5.41) is 2.93. The van der Waals surface area contributed by atoms with Gasteiger partial charge in [0.05, 0.1) is 22.9 Å². The zero-order valence-electron chi connectivity index (χ0n) is 18.4. The van der Waals surface area contributed by atoms with Crippen molar-refractivity contribution in [2.45, 2.75) is 23.8 Å². The van der Waals surface area contributed by atoms with E-state index in [1.807, 2.05) is 12.1 Å². The summed E-state index contributed by atoms with van der Waals surface area (Å²) in [7, 11) is -3.92. The quantitative estimate of drug-likeness (QED) is 0.505. The number of fused-ring (bicyclic) bond motifs is 1. The van der Waals surface area contributed by atoms with Crippen molar-refractivity contribution in [2.24, 2.45) is 0 Å². The van der Waals surface area contributed by atoms with Crippen LogP contribution in [-0.4, -0.2) is 45.7 Å². The van der Waals surface area contributed by atoms with Crippen molar-refractivity contribution in [3.63, 3.8) is 0 Å². The van der Waals surface area contributed by atoms with Crippen molar-refractivity contribution < 1.29 is 27.1 Å². The molecule has 3 heterocycles. The van der Waals surface area contributed by atoms with E-state index in [9.17, 15) is 13.2 Å². The maximum Gasteiger partial charge on any atom is 0.261 e. The molecule has 1 saturated heterocycles. The number of rotatable bonds is 8. The molecule has 178 valence electrons. The number of hydrogen-bond acceptors (Lipinski definition) is 7. The number of amides is 1. The standard InChI is InChI=1S/C24H25N3O6S/c28-24(25-15-20(21-7-4-12-31-21)27-10-1-2-11-27)17-5-3-6-19(13-17)34(29,30)26-18-8-9-22-23(14-18)33-16-32-22/h3-9,12-14,20,26H,1-2,10-11,15-16H2,(H,25,28). The van der Waals surface area contributed by atoms with Crippen molar-refractivity contribution >= 4 is 21.6 Å². The number of nitrogens with zero attached hydrogens (tertiary/aromatic N) is 1. The molecule has 0 aliphatic carbocycles. The highest BCUT2D eigenvalue weighted by Gasteiger charge is 2.26. The minimum Gasteiger partial charge on any atom is -0.468 e. The van der Waals surface area contributed by atoms with Crippen LogP contribution in [0.3, 0.4) is 0 Å². The molecule has 1 atom stereocenters. The molecular weight excluding hydrogens is 458 g/mol. The van der Waals surface area contributed by atoms with E-state index in [-0.39, 0.29) is 29.2 Å². The SMILES string of the molecule is O=C(NCC(c1ccco1)N1CCCC1)c1cccc(S(=O)(=O)Nc2ccc3c(c2)OCO3)c1. The first kappa shape index (κ1) is 22.3. The highest BCUT2D eigenvalue weighted by Crippen LogP contribution is 2.35. The van der Waals surface area contributed by atoms with Gasteiger partial charge in [0.15, 0.2) is 11.5 Å². The third-order valence-corrected chi connectivity index (χ3v) is 7.32. The Bertz CT molecular complexity index is 1270. The summed E-state index contributed by atoms with van der Waals surface area (Å²) in [6.45, 7) is 2.35. The summed E-state index contributed by atoms with van der Waals surface area (Å²) in [6, 6.07) is 14.4. The molecule has 3 aromatic rings. The molecule has 34 heavy (non-hydrogen) atoms. The Morgan fingerprint density at radius 1 is 1.00 bits per heavy atom. The van der Waals surface area contributed by atoms with Crippen LogP contribution in [0.15, 0.2) is 70.2 Å². The number of carbonyl (C=O) groups excluding carboxylic acids is 1. The number of nitrogens with one attached hydrogen (secondary N) is 2. The molecule has 1 aromatic heterocycles. The fourth-order valence-corrected chi connectivity index (χ4v) is 5.31. The monoisotopic (exact) mass is 483 g/mol. The molecule has 1 fully saturated rings. The molecule has 2 aliphatic rings. The van der Waals surface area contributed by atoms with Crippen molar-refractivity contribution in [2.75, 3.05) is 31.1 Å². The summed E-state index contributed by atoms with van der Waals surface area (Å²) in [6.07, 6.45) is 3.85. The lowest BCUT2D eigenvalue weighted by Gasteiger charge is -2.26. The fourth-order valence-electron chi connectivity index (χ4n) is 4.21. The molecular formula is C24H25N3O6S. The topological polar surface area (TPSA) is 110 Å². The second kappa shape index (κ2) is 9.40. The Labute approximate surface area is 197 Å². The van der Waals surface area contributed by atoms with Gasteiger partial charge in [0, 0.05) is 18.2 Å². The lowest BCUT2D eigenvalue weighted by molar-refractivity contribution is 0.0933. The van der Waals surface area contributed by atoms with Crippen molar-refractivity contribution in [3.05, 3.63) is 72.2 Å². The third-order valence-electron chi connectivity index (χ3n) is 5.94. The van der Waals surface area contributed by atoms with Gasteiger partial charge in [-0.25, -0.2) is 8.42 Å². The van der Waals surface area contributed by atoms with Crippen LogP contribution in [-0.2, 0) is 10.0 Å². The van der Waals surface area contributed by atoms with Crippen LogP contribution in [0.5, 0.6) is 11.5 Å². The number of anilines is 1. The third kappa shape index (κ3) is 4.73. The molecule has 0 bridgehead atoms. The average molecular weight is 484 g/mol. The molecule has 2 aromatic carbocycles. The molecule has 5 rings (SSSR count). The van der Waals surface area contributed by atoms with Gasteiger partial charge in [-0.2, -0.15) is 0 Å². The second-order valence-electron chi connectivity index (χ2n) is 8.19. The largest absolute Gasteiger partial charge is 0.468 e. The van der Waals surface area contributed by atoms with Gasteiger partial charge in [-0.05, 0) is 68.4 Å². The van der Waals surface area contributed by atoms with Gasteiger partial charge in [-0.1, -0.05) is 6.07 Å². The summed E-state index contributed by atoms with van der Waals surface area (Å²) in [5.74, 6) is 1.48. The fraction of sp³-hybridized carbons (Fsp3) is 0.292. The minimum absolute atomic E-state index is 0.0139. The Morgan fingerprint density at radius 3 is 2.62 bits per heavy atom. The molecule has 2 N–H and O–H groups in total. The van der Waals surface area contributed by atoms with Gasteiger partial charge in [0.2, 0.25) is 6.79 Å². The van der Waals surface area contributed by atoms with Crippen molar-refractivity contribution in [3.8, 4) is 11.5 Å².